The Labute approximate surface area is 183 Å². The number of ether oxygens (including phenoxy) is 2. The summed E-state index contributed by atoms with van der Waals surface area (Å²) < 4.78 is 11.1. The first-order valence-electron chi connectivity index (χ1n) is 10.3. The second kappa shape index (κ2) is 9.37. The molecule has 7 nitrogen and oxygen atoms in total. The monoisotopic (exact) mass is 428 g/mol. The van der Waals surface area contributed by atoms with Gasteiger partial charge in [-0.1, -0.05) is 18.2 Å². The van der Waals surface area contributed by atoms with Crippen LogP contribution in [0.2, 0.25) is 0 Å². The molecule has 1 aliphatic rings. The quantitative estimate of drug-likeness (QED) is 0.549. The van der Waals surface area contributed by atoms with Crippen LogP contribution in [0.4, 0.5) is 0 Å². The molecule has 0 bridgehead atoms. The highest BCUT2D eigenvalue weighted by Crippen LogP contribution is 2.30. The van der Waals surface area contributed by atoms with E-state index >= 15 is 0 Å². The molecule has 0 atom stereocenters. The van der Waals surface area contributed by atoms with Gasteiger partial charge < -0.3 is 20.1 Å². The average Bonchev–Trinajstić information content (AvgIpc) is 2.66. The van der Waals surface area contributed by atoms with Crippen LogP contribution < -0.4 is 15.2 Å². The Kier molecular flexibility index (Phi) is 7.31. The molecule has 31 heavy (non-hydrogen) atoms. The lowest BCUT2D eigenvalue weighted by atomic mass is 9.97. The summed E-state index contributed by atoms with van der Waals surface area (Å²) in [6.45, 7) is 11.2. The number of carbonyl (C=O) groups excluding carboxylic acids is 3. The predicted molar refractivity (Wildman–Crippen MR) is 118 cm³/mol. The molecule has 0 saturated carbocycles. The van der Waals surface area contributed by atoms with Crippen LogP contribution in [-0.2, 0) is 20.8 Å². The van der Waals surface area contributed by atoms with E-state index in [1.54, 1.807) is 84.3 Å². The summed E-state index contributed by atoms with van der Waals surface area (Å²) in [5, 5.41) is 0. The Bertz CT molecular complexity index is 890. The third-order valence-electron chi connectivity index (χ3n) is 4.61. The van der Waals surface area contributed by atoms with Crippen molar-refractivity contribution in [1.29, 1.82) is 0 Å². The molecule has 0 radical (unpaired) electrons. The Morgan fingerprint density at radius 1 is 0.935 bits per heavy atom. The first-order valence-corrected chi connectivity index (χ1v) is 10.3. The van der Waals surface area contributed by atoms with Gasteiger partial charge in [-0.2, -0.15) is 0 Å². The largest absolute Gasteiger partial charge is 0.426 e. The summed E-state index contributed by atoms with van der Waals surface area (Å²) in [4.78, 5) is 37.9. The lowest BCUT2D eigenvalue weighted by Gasteiger charge is -2.22. The maximum Gasteiger partial charge on any atom is 0.316 e. The third kappa shape index (κ3) is 6.98. The van der Waals surface area contributed by atoms with E-state index < -0.39 is 22.7 Å². The number of nitrogens with two attached hydrogens (primary N) is 1. The number of esters is 2. The minimum absolute atomic E-state index is 0.322. The molecule has 0 fully saturated rings. The van der Waals surface area contributed by atoms with Gasteiger partial charge >= 0.3 is 11.9 Å². The van der Waals surface area contributed by atoms with E-state index in [9.17, 15) is 14.4 Å². The van der Waals surface area contributed by atoms with E-state index in [-0.39, 0.29) is 11.9 Å². The van der Waals surface area contributed by atoms with Gasteiger partial charge in [-0.25, -0.2) is 0 Å². The number of amides is 1. The van der Waals surface area contributed by atoms with Gasteiger partial charge in [0.15, 0.2) is 0 Å². The van der Waals surface area contributed by atoms with Gasteiger partial charge in [0.05, 0.1) is 16.7 Å². The SMILES string of the molecule is CC(C)(C)C(=O)Oc1ccc(CCN2C=CC(C(N)=O)C=C2)c(OC(=O)C(C)(C)C)c1. The zero-order valence-electron chi connectivity index (χ0n) is 19.1. The van der Waals surface area contributed by atoms with E-state index in [1.165, 1.54) is 0 Å². The fourth-order valence-corrected chi connectivity index (χ4v) is 2.52. The maximum absolute atomic E-state index is 12.5. The molecule has 0 saturated heterocycles. The van der Waals surface area contributed by atoms with Crippen molar-refractivity contribution < 1.29 is 23.9 Å². The standard InChI is InChI=1S/C24H32N2O5/c1-23(2,3)21(28)30-18-8-7-16(19(15-18)31-22(29)24(4,5)6)9-12-26-13-10-17(11-14-26)20(25)27/h7-8,10-11,13-15,17H,9,12H2,1-6H3,(H2,25,27). The van der Waals surface area contributed by atoms with Crippen LogP contribution in [0.3, 0.4) is 0 Å². The fourth-order valence-electron chi connectivity index (χ4n) is 2.52. The van der Waals surface area contributed by atoms with E-state index in [0.717, 1.165) is 5.56 Å². The van der Waals surface area contributed by atoms with Crippen molar-refractivity contribution >= 4 is 17.8 Å². The molecule has 1 aromatic rings. The summed E-state index contributed by atoms with van der Waals surface area (Å²) in [6, 6.07) is 5.06. The zero-order valence-corrected chi connectivity index (χ0v) is 19.1. The summed E-state index contributed by atoms with van der Waals surface area (Å²) in [7, 11) is 0. The molecule has 0 spiro atoms. The number of benzene rings is 1. The lowest BCUT2D eigenvalue weighted by molar-refractivity contribution is -0.143. The molecule has 2 N–H and O–H groups in total. The van der Waals surface area contributed by atoms with E-state index in [1.807, 2.05) is 4.90 Å². The Balaban J connectivity index is 2.19. The van der Waals surface area contributed by atoms with Gasteiger partial charge in [-0.05, 0) is 59.6 Å². The Hall–Kier alpha value is -3.09. The summed E-state index contributed by atoms with van der Waals surface area (Å²) in [6.07, 6.45) is 7.64. The Morgan fingerprint density at radius 3 is 2.00 bits per heavy atom. The molecule has 0 aliphatic carbocycles. The second-order valence-electron chi connectivity index (χ2n) is 9.65. The second-order valence-corrected chi connectivity index (χ2v) is 9.65. The minimum Gasteiger partial charge on any atom is -0.426 e. The molecule has 1 amide bonds. The number of hydrogen-bond acceptors (Lipinski definition) is 6. The van der Waals surface area contributed by atoms with Gasteiger partial charge in [0.2, 0.25) is 5.91 Å². The third-order valence-corrected chi connectivity index (χ3v) is 4.61. The van der Waals surface area contributed by atoms with Crippen molar-refractivity contribution in [1.82, 2.24) is 4.90 Å². The molecule has 7 heteroatoms. The van der Waals surface area contributed by atoms with Crippen molar-refractivity contribution in [3.63, 3.8) is 0 Å². The number of nitrogens with zero attached hydrogens (tertiary/aromatic N) is 1. The lowest BCUT2D eigenvalue weighted by Crippen LogP contribution is -2.27. The number of primary amides is 1. The topological polar surface area (TPSA) is 98.9 Å². The molecule has 1 heterocycles. The first-order chi connectivity index (χ1) is 14.3. The van der Waals surface area contributed by atoms with Crippen LogP contribution in [-0.4, -0.2) is 29.3 Å². The fraction of sp³-hybridized carbons (Fsp3) is 0.458. The van der Waals surface area contributed by atoms with Crippen LogP contribution >= 0.6 is 0 Å². The van der Waals surface area contributed by atoms with Crippen molar-refractivity contribution in [3.8, 4) is 11.5 Å². The summed E-state index contributed by atoms with van der Waals surface area (Å²) in [5.74, 6) is -0.877. The Morgan fingerprint density at radius 2 is 1.48 bits per heavy atom. The zero-order chi connectivity index (χ0) is 23.4. The number of hydrogen-bond donors (Lipinski definition) is 1. The highest BCUT2D eigenvalue weighted by Gasteiger charge is 2.27. The van der Waals surface area contributed by atoms with Crippen LogP contribution in [0.25, 0.3) is 0 Å². The van der Waals surface area contributed by atoms with Gasteiger partial charge in [-0.3, -0.25) is 14.4 Å². The number of carbonyl (C=O) groups is 3. The molecule has 0 unspecified atom stereocenters. The van der Waals surface area contributed by atoms with E-state index in [4.69, 9.17) is 15.2 Å². The molecule has 168 valence electrons. The van der Waals surface area contributed by atoms with Gasteiger partial charge in [0, 0.05) is 25.0 Å². The molecule has 1 aromatic carbocycles. The van der Waals surface area contributed by atoms with Crippen LogP contribution in [0.1, 0.15) is 47.1 Å². The smallest absolute Gasteiger partial charge is 0.316 e. The normalized spacial score (nSPS) is 14.5. The number of rotatable bonds is 6. The predicted octanol–water partition coefficient (Wildman–Crippen LogP) is 3.58. The minimum atomic E-state index is -0.683. The van der Waals surface area contributed by atoms with Crippen LogP contribution in [0.15, 0.2) is 42.8 Å². The van der Waals surface area contributed by atoms with Gasteiger partial charge in [0.25, 0.3) is 0 Å². The molecule has 1 aliphatic heterocycles. The van der Waals surface area contributed by atoms with Gasteiger partial charge in [0.1, 0.15) is 11.5 Å². The highest BCUT2D eigenvalue weighted by atomic mass is 16.5. The van der Waals surface area contributed by atoms with Crippen LogP contribution in [0, 0.1) is 16.7 Å². The van der Waals surface area contributed by atoms with Crippen molar-refractivity contribution in [2.45, 2.75) is 48.0 Å². The van der Waals surface area contributed by atoms with Crippen molar-refractivity contribution in [3.05, 3.63) is 48.3 Å². The van der Waals surface area contributed by atoms with Crippen molar-refractivity contribution in [2.24, 2.45) is 22.5 Å². The highest BCUT2D eigenvalue weighted by molar-refractivity contribution is 5.81. The summed E-state index contributed by atoms with van der Waals surface area (Å²) in [5.41, 5.74) is 4.77. The van der Waals surface area contributed by atoms with Crippen LogP contribution in [0.5, 0.6) is 11.5 Å². The van der Waals surface area contributed by atoms with Crippen molar-refractivity contribution in [2.75, 3.05) is 6.54 Å². The first kappa shape index (κ1) is 24.2. The summed E-state index contributed by atoms with van der Waals surface area (Å²) >= 11 is 0. The molecular weight excluding hydrogens is 396 g/mol. The molecular formula is C24H32N2O5. The van der Waals surface area contributed by atoms with Gasteiger partial charge in [-0.15, -0.1) is 0 Å². The van der Waals surface area contributed by atoms with E-state index in [0.29, 0.717) is 24.5 Å². The van der Waals surface area contributed by atoms with E-state index in [2.05, 4.69) is 0 Å². The average molecular weight is 429 g/mol. The molecule has 0 aromatic heterocycles. The molecule has 2 rings (SSSR count). The maximum atomic E-state index is 12.5.